The van der Waals surface area contributed by atoms with Crippen LogP contribution < -0.4 is 0 Å². The van der Waals surface area contributed by atoms with E-state index in [1.54, 1.807) is 23.9 Å². The van der Waals surface area contributed by atoms with Gasteiger partial charge in [-0.1, -0.05) is 61.0 Å². The van der Waals surface area contributed by atoms with Gasteiger partial charge in [0, 0.05) is 17.2 Å². The van der Waals surface area contributed by atoms with Gasteiger partial charge in [-0.05, 0) is 41.8 Å². The molecule has 0 aliphatic rings. The van der Waals surface area contributed by atoms with E-state index in [1.165, 1.54) is 5.56 Å². The summed E-state index contributed by atoms with van der Waals surface area (Å²) in [7, 11) is 0. The lowest BCUT2D eigenvalue weighted by atomic mass is 10.2. The average Bonchev–Trinajstić information content (AvgIpc) is 3.03. The number of nitrogens with zero attached hydrogens (tertiary/aromatic N) is 3. The van der Waals surface area contributed by atoms with Crippen molar-refractivity contribution in [2.45, 2.75) is 43.6 Å². The van der Waals surface area contributed by atoms with Crippen LogP contribution in [0.4, 0.5) is 0 Å². The summed E-state index contributed by atoms with van der Waals surface area (Å²) in [4.78, 5) is 0. The number of rotatable bonds is 8. The van der Waals surface area contributed by atoms with Gasteiger partial charge in [-0.25, -0.2) is 0 Å². The number of halogens is 1. The van der Waals surface area contributed by atoms with Crippen molar-refractivity contribution in [3.63, 3.8) is 0 Å². The first kappa shape index (κ1) is 18.8. The van der Waals surface area contributed by atoms with Gasteiger partial charge in [0.15, 0.2) is 5.16 Å². The van der Waals surface area contributed by atoms with E-state index in [0.717, 1.165) is 46.6 Å². The van der Waals surface area contributed by atoms with Crippen LogP contribution in [-0.4, -0.2) is 19.9 Å². The second-order valence-electron chi connectivity index (χ2n) is 6.17. The fraction of sp³-hybridized carbons (Fsp3) is 0.300. The highest BCUT2D eigenvalue weighted by Crippen LogP contribution is 2.24. The number of phenolic OH excluding ortho intramolecular Hbond substituents is 1. The zero-order valence-electron chi connectivity index (χ0n) is 14.7. The Morgan fingerprint density at radius 3 is 2.38 bits per heavy atom. The lowest BCUT2D eigenvalue weighted by Crippen LogP contribution is -2.07. The fourth-order valence-corrected chi connectivity index (χ4v) is 3.66. The van der Waals surface area contributed by atoms with Crippen molar-refractivity contribution in [2.24, 2.45) is 0 Å². The van der Waals surface area contributed by atoms with E-state index in [2.05, 4.69) is 21.7 Å². The van der Waals surface area contributed by atoms with Gasteiger partial charge in [-0.3, -0.25) is 0 Å². The SMILES string of the molecule is CCCCc1nnc(SCc2ccc(Cl)cc2)n1Cc1ccc(O)cc1. The molecular formula is C20H22ClN3OS. The van der Waals surface area contributed by atoms with Crippen LogP contribution in [0.25, 0.3) is 0 Å². The molecule has 1 N–H and O–H groups in total. The topological polar surface area (TPSA) is 50.9 Å². The maximum atomic E-state index is 9.49. The first-order valence-corrected chi connectivity index (χ1v) is 10.1. The van der Waals surface area contributed by atoms with Gasteiger partial charge in [0.1, 0.15) is 11.6 Å². The molecule has 0 spiro atoms. The zero-order chi connectivity index (χ0) is 18.4. The smallest absolute Gasteiger partial charge is 0.191 e. The maximum absolute atomic E-state index is 9.49. The average molecular weight is 388 g/mol. The van der Waals surface area contributed by atoms with Gasteiger partial charge in [0.2, 0.25) is 0 Å². The summed E-state index contributed by atoms with van der Waals surface area (Å²) < 4.78 is 2.18. The van der Waals surface area contributed by atoms with Crippen molar-refractivity contribution < 1.29 is 5.11 Å². The number of thioether (sulfide) groups is 1. The molecule has 1 aromatic heterocycles. The van der Waals surface area contributed by atoms with Crippen molar-refractivity contribution >= 4 is 23.4 Å². The highest BCUT2D eigenvalue weighted by molar-refractivity contribution is 7.98. The number of hydrogen-bond donors (Lipinski definition) is 1. The summed E-state index contributed by atoms with van der Waals surface area (Å²) >= 11 is 7.64. The van der Waals surface area contributed by atoms with Crippen LogP contribution in [0.2, 0.25) is 5.02 Å². The molecule has 0 aliphatic heterocycles. The molecule has 26 heavy (non-hydrogen) atoms. The summed E-state index contributed by atoms with van der Waals surface area (Å²) in [6.45, 7) is 2.88. The molecule has 0 saturated carbocycles. The third kappa shape index (κ3) is 5.02. The molecule has 4 nitrogen and oxygen atoms in total. The molecule has 136 valence electrons. The van der Waals surface area contributed by atoms with Crippen molar-refractivity contribution in [3.8, 4) is 5.75 Å². The lowest BCUT2D eigenvalue weighted by Gasteiger charge is -2.10. The molecule has 0 fully saturated rings. The van der Waals surface area contributed by atoms with Crippen molar-refractivity contribution in [1.29, 1.82) is 0 Å². The van der Waals surface area contributed by atoms with Gasteiger partial charge in [-0.2, -0.15) is 0 Å². The number of aryl methyl sites for hydroxylation is 1. The Balaban J connectivity index is 1.78. The Kier molecular flexibility index (Phi) is 6.58. The third-order valence-electron chi connectivity index (χ3n) is 4.11. The number of aromatic nitrogens is 3. The molecule has 0 radical (unpaired) electrons. The van der Waals surface area contributed by atoms with E-state index < -0.39 is 0 Å². The number of aromatic hydroxyl groups is 1. The zero-order valence-corrected chi connectivity index (χ0v) is 16.3. The monoisotopic (exact) mass is 387 g/mol. The minimum atomic E-state index is 0.279. The van der Waals surface area contributed by atoms with Crippen LogP contribution in [0.15, 0.2) is 53.7 Å². The van der Waals surface area contributed by atoms with E-state index >= 15 is 0 Å². The van der Waals surface area contributed by atoms with Crippen LogP contribution in [-0.2, 0) is 18.7 Å². The Bertz CT molecular complexity index is 831. The van der Waals surface area contributed by atoms with Crippen LogP contribution in [0.3, 0.4) is 0 Å². The van der Waals surface area contributed by atoms with Gasteiger partial charge >= 0.3 is 0 Å². The summed E-state index contributed by atoms with van der Waals surface area (Å²) in [6.07, 6.45) is 3.14. The summed E-state index contributed by atoms with van der Waals surface area (Å²) in [5, 5.41) is 20.0. The molecule has 6 heteroatoms. The van der Waals surface area contributed by atoms with E-state index in [9.17, 15) is 5.11 Å². The number of hydrogen-bond acceptors (Lipinski definition) is 4. The lowest BCUT2D eigenvalue weighted by molar-refractivity contribution is 0.475. The standard InChI is InChI=1S/C20H22ClN3OS/c1-2-3-4-19-22-23-20(26-14-16-5-9-17(21)10-6-16)24(19)13-15-7-11-18(25)12-8-15/h5-12,25H,2-4,13-14H2,1H3. The van der Waals surface area contributed by atoms with Crippen LogP contribution in [0, 0.1) is 0 Å². The minimum absolute atomic E-state index is 0.279. The normalized spacial score (nSPS) is 11.0. The predicted octanol–water partition coefficient (Wildman–Crippen LogP) is 5.32. The molecule has 0 saturated heterocycles. The minimum Gasteiger partial charge on any atom is -0.508 e. The number of benzene rings is 2. The molecule has 3 rings (SSSR count). The van der Waals surface area contributed by atoms with E-state index in [1.807, 2.05) is 36.4 Å². The highest BCUT2D eigenvalue weighted by Gasteiger charge is 2.13. The number of phenols is 1. The molecule has 0 bridgehead atoms. The van der Waals surface area contributed by atoms with Crippen molar-refractivity contribution in [3.05, 3.63) is 70.5 Å². The van der Waals surface area contributed by atoms with Crippen molar-refractivity contribution in [1.82, 2.24) is 14.8 Å². The Morgan fingerprint density at radius 1 is 1.00 bits per heavy atom. The Hall–Kier alpha value is -1.98. The first-order chi connectivity index (χ1) is 12.7. The fourth-order valence-electron chi connectivity index (χ4n) is 2.62. The van der Waals surface area contributed by atoms with Crippen LogP contribution in [0.1, 0.15) is 36.7 Å². The molecule has 2 aromatic carbocycles. The second kappa shape index (κ2) is 9.10. The van der Waals surface area contributed by atoms with Crippen LogP contribution in [0.5, 0.6) is 5.75 Å². The largest absolute Gasteiger partial charge is 0.508 e. The summed E-state index contributed by atoms with van der Waals surface area (Å²) in [6, 6.07) is 15.2. The van der Waals surface area contributed by atoms with Gasteiger partial charge in [0.05, 0.1) is 6.54 Å². The first-order valence-electron chi connectivity index (χ1n) is 8.73. The van der Waals surface area contributed by atoms with Gasteiger partial charge in [0.25, 0.3) is 0 Å². The third-order valence-corrected chi connectivity index (χ3v) is 5.40. The van der Waals surface area contributed by atoms with Crippen LogP contribution >= 0.6 is 23.4 Å². The van der Waals surface area contributed by atoms with Crippen molar-refractivity contribution in [2.75, 3.05) is 0 Å². The second-order valence-corrected chi connectivity index (χ2v) is 7.55. The van der Waals surface area contributed by atoms with E-state index in [4.69, 9.17) is 11.6 Å². The molecular weight excluding hydrogens is 366 g/mol. The molecule has 0 amide bonds. The quantitative estimate of drug-likeness (QED) is 0.531. The maximum Gasteiger partial charge on any atom is 0.191 e. The van der Waals surface area contributed by atoms with Gasteiger partial charge in [-0.15, -0.1) is 10.2 Å². The number of unbranched alkanes of at least 4 members (excludes halogenated alkanes) is 1. The van der Waals surface area contributed by atoms with E-state index in [-0.39, 0.29) is 5.75 Å². The highest BCUT2D eigenvalue weighted by atomic mass is 35.5. The molecule has 1 heterocycles. The predicted molar refractivity (Wildman–Crippen MR) is 107 cm³/mol. The Labute approximate surface area is 163 Å². The molecule has 0 atom stereocenters. The molecule has 3 aromatic rings. The van der Waals surface area contributed by atoms with E-state index in [0.29, 0.717) is 6.54 Å². The van der Waals surface area contributed by atoms with Gasteiger partial charge < -0.3 is 9.67 Å². The molecule has 0 unspecified atom stereocenters. The molecule has 0 aliphatic carbocycles. The summed E-state index contributed by atoms with van der Waals surface area (Å²) in [5.41, 5.74) is 2.32. The Morgan fingerprint density at radius 2 is 1.69 bits per heavy atom. The summed E-state index contributed by atoms with van der Waals surface area (Å²) in [5.74, 6) is 2.11.